The van der Waals surface area contributed by atoms with E-state index in [1.54, 1.807) is 0 Å². The number of nitrogens with zero attached hydrogens (tertiary/aromatic N) is 2. The summed E-state index contributed by atoms with van der Waals surface area (Å²) in [5.41, 5.74) is 8.40. The van der Waals surface area contributed by atoms with Crippen LogP contribution in [-0.2, 0) is 4.74 Å². The Morgan fingerprint density at radius 1 is 1.26 bits per heavy atom. The molecule has 126 valence electrons. The molecule has 4 rings (SSSR count). The fraction of sp³-hybridized carbons (Fsp3) is 0.722. The zero-order valence-electron chi connectivity index (χ0n) is 14.1. The van der Waals surface area contributed by atoms with Gasteiger partial charge in [0.15, 0.2) is 0 Å². The van der Waals surface area contributed by atoms with Crippen LogP contribution in [0.15, 0.2) is 12.1 Å². The molecule has 3 aliphatic rings. The third-order valence-corrected chi connectivity index (χ3v) is 5.58. The highest BCUT2D eigenvalue weighted by atomic mass is 16.5. The fourth-order valence-corrected chi connectivity index (χ4v) is 3.84. The van der Waals surface area contributed by atoms with E-state index in [1.807, 2.05) is 0 Å². The summed E-state index contributed by atoms with van der Waals surface area (Å²) in [6.07, 6.45) is 6.97. The van der Waals surface area contributed by atoms with Crippen LogP contribution in [0.5, 0.6) is 0 Å². The molecule has 0 radical (unpaired) electrons. The van der Waals surface area contributed by atoms with Gasteiger partial charge in [0.05, 0.1) is 23.6 Å². The minimum absolute atomic E-state index is 0.144. The summed E-state index contributed by atoms with van der Waals surface area (Å²) in [4.78, 5) is 7.24. The van der Waals surface area contributed by atoms with Crippen molar-refractivity contribution < 1.29 is 4.74 Å². The molecule has 5 heteroatoms. The Balaban J connectivity index is 1.42. The molecule has 5 nitrogen and oxygen atoms in total. The van der Waals surface area contributed by atoms with Crippen LogP contribution in [-0.4, -0.2) is 42.4 Å². The fourth-order valence-electron chi connectivity index (χ4n) is 3.84. The van der Waals surface area contributed by atoms with Crippen LogP contribution in [0.4, 0.5) is 11.5 Å². The molecular formula is C18H28N4O. The maximum Gasteiger partial charge on any atom is 0.129 e. The van der Waals surface area contributed by atoms with Crippen molar-refractivity contribution in [2.75, 3.05) is 29.9 Å². The summed E-state index contributed by atoms with van der Waals surface area (Å²) in [5, 5.41) is 3.67. The van der Waals surface area contributed by atoms with Crippen molar-refractivity contribution in [1.82, 2.24) is 4.98 Å². The molecule has 23 heavy (non-hydrogen) atoms. The van der Waals surface area contributed by atoms with Gasteiger partial charge >= 0.3 is 0 Å². The van der Waals surface area contributed by atoms with Crippen LogP contribution in [0, 0.1) is 6.92 Å². The SMILES string of the molecule is Cc1nc(N2CCOC3(CC3)C2)ccc1NC1CCC(N)CC1. The molecular weight excluding hydrogens is 288 g/mol. The number of aromatic nitrogens is 1. The highest BCUT2D eigenvalue weighted by Crippen LogP contribution is 2.42. The monoisotopic (exact) mass is 316 g/mol. The van der Waals surface area contributed by atoms with Crippen molar-refractivity contribution in [1.29, 1.82) is 0 Å². The first-order valence-electron chi connectivity index (χ1n) is 9.02. The van der Waals surface area contributed by atoms with Crippen LogP contribution in [0.25, 0.3) is 0 Å². The Morgan fingerprint density at radius 3 is 2.74 bits per heavy atom. The maximum absolute atomic E-state index is 5.99. The van der Waals surface area contributed by atoms with Crippen LogP contribution >= 0.6 is 0 Å². The average molecular weight is 316 g/mol. The molecule has 2 saturated carbocycles. The predicted molar refractivity (Wildman–Crippen MR) is 93.0 cm³/mol. The predicted octanol–water partition coefficient (Wildman–Crippen LogP) is 2.44. The highest BCUT2D eigenvalue weighted by Gasteiger charge is 2.47. The van der Waals surface area contributed by atoms with Gasteiger partial charge < -0.3 is 20.7 Å². The number of pyridine rings is 1. The number of anilines is 2. The Bertz CT molecular complexity index is 564. The number of nitrogens with one attached hydrogen (secondary N) is 1. The van der Waals surface area contributed by atoms with Crippen molar-refractivity contribution >= 4 is 11.5 Å². The second-order valence-electron chi connectivity index (χ2n) is 7.51. The molecule has 1 spiro atoms. The van der Waals surface area contributed by atoms with Gasteiger partial charge in [0.25, 0.3) is 0 Å². The summed E-state index contributed by atoms with van der Waals surface area (Å²) >= 11 is 0. The van der Waals surface area contributed by atoms with E-state index >= 15 is 0 Å². The molecule has 0 aromatic carbocycles. The molecule has 0 amide bonds. The molecule has 1 aromatic heterocycles. The first kappa shape index (κ1) is 15.2. The molecule has 0 bridgehead atoms. The van der Waals surface area contributed by atoms with Gasteiger partial charge in [0.2, 0.25) is 0 Å². The van der Waals surface area contributed by atoms with E-state index in [2.05, 4.69) is 29.3 Å². The third kappa shape index (κ3) is 3.31. The highest BCUT2D eigenvalue weighted by molar-refractivity contribution is 5.54. The van der Waals surface area contributed by atoms with Gasteiger partial charge in [-0.3, -0.25) is 0 Å². The van der Waals surface area contributed by atoms with Gasteiger partial charge in [-0.05, 0) is 57.6 Å². The Kier molecular flexibility index (Phi) is 3.93. The first-order valence-corrected chi connectivity index (χ1v) is 9.02. The van der Waals surface area contributed by atoms with E-state index in [1.165, 1.54) is 18.5 Å². The van der Waals surface area contributed by atoms with Crippen LogP contribution < -0.4 is 16.0 Å². The Labute approximate surface area is 138 Å². The molecule has 3 N–H and O–H groups in total. The number of morpholine rings is 1. The van der Waals surface area contributed by atoms with E-state index in [-0.39, 0.29) is 5.60 Å². The third-order valence-electron chi connectivity index (χ3n) is 5.58. The van der Waals surface area contributed by atoms with E-state index < -0.39 is 0 Å². The second-order valence-corrected chi connectivity index (χ2v) is 7.51. The lowest BCUT2D eigenvalue weighted by molar-refractivity contribution is 0.0203. The molecule has 2 heterocycles. The van der Waals surface area contributed by atoms with E-state index in [0.717, 1.165) is 56.9 Å². The van der Waals surface area contributed by atoms with E-state index in [4.69, 9.17) is 15.5 Å². The molecule has 2 aliphatic carbocycles. The van der Waals surface area contributed by atoms with Gasteiger partial charge in [-0.15, -0.1) is 0 Å². The van der Waals surface area contributed by atoms with Gasteiger partial charge in [-0.2, -0.15) is 0 Å². The van der Waals surface area contributed by atoms with Crippen LogP contribution in [0.1, 0.15) is 44.2 Å². The number of hydrogen-bond acceptors (Lipinski definition) is 5. The van der Waals surface area contributed by atoms with Gasteiger partial charge in [-0.1, -0.05) is 0 Å². The van der Waals surface area contributed by atoms with E-state index in [0.29, 0.717) is 12.1 Å². The van der Waals surface area contributed by atoms with E-state index in [9.17, 15) is 0 Å². The quantitative estimate of drug-likeness (QED) is 0.897. The summed E-state index contributed by atoms with van der Waals surface area (Å²) in [6, 6.07) is 5.29. The molecule has 1 saturated heterocycles. The number of hydrogen-bond donors (Lipinski definition) is 2. The summed E-state index contributed by atoms with van der Waals surface area (Å²) in [6.45, 7) is 4.87. The number of aryl methyl sites for hydroxylation is 1. The molecule has 1 aliphatic heterocycles. The van der Waals surface area contributed by atoms with Gasteiger partial charge in [-0.25, -0.2) is 4.98 Å². The lowest BCUT2D eigenvalue weighted by atomic mass is 9.91. The smallest absolute Gasteiger partial charge is 0.129 e. The molecule has 0 unspecified atom stereocenters. The van der Waals surface area contributed by atoms with Crippen molar-refractivity contribution in [2.45, 2.75) is 63.1 Å². The Hall–Kier alpha value is -1.33. The molecule has 3 fully saturated rings. The zero-order valence-corrected chi connectivity index (χ0v) is 14.1. The van der Waals surface area contributed by atoms with Crippen molar-refractivity contribution in [3.63, 3.8) is 0 Å². The summed E-state index contributed by atoms with van der Waals surface area (Å²) in [7, 11) is 0. The van der Waals surface area contributed by atoms with Gasteiger partial charge in [0.1, 0.15) is 5.82 Å². The second kappa shape index (κ2) is 5.95. The largest absolute Gasteiger partial charge is 0.381 e. The Morgan fingerprint density at radius 2 is 2.04 bits per heavy atom. The van der Waals surface area contributed by atoms with Crippen molar-refractivity contribution in [3.05, 3.63) is 17.8 Å². The average Bonchev–Trinajstić information content (AvgIpc) is 3.30. The molecule has 0 atom stereocenters. The summed E-state index contributed by atoms with van der Waals surface area (Å²) < 4.78 is 5.90. The van der Waals surface area contributed by atoms with Gasteiger partial charge in [0, 0.05) is 25.2 Å². The minimum Gasteiger partial charge on any atom is -0.381 e. The number of nitrogens with two attached hydrogens (primary N) is 1. The molecule has 1 aromatic rings. The zero-order chi connectivity index (χ0) is 15.9. The first-order chi connectivity index (χ1) is 11.1. The maximum atomic E-state index is 5.99. The summed E-state index contributed by atoms with van der Waals surface area (Å²) in [5.74, 6) is 1.09. The standard InChI is InChI=1S/C18H28N4O/c1-13-16(21-15-4-2-14(19)3-5-15)6-7-17(20-13)22-10-11-23-18(12-22)8-9-18/h6-7,14-15,21H,2-5,8-12,19H2,1H3. The normalized spacial score (nSPS) is 29.6. The topological polar surface area (TPSA) is 63.4 Å². The van der Waals surface area contributed by atoms with Crippen molar-refractivity contribution in [3.8, 4) is 0 Å². The minimum atomic E-state index is 0.144. The number of ether oxygens (including phenoxy) is 1. The van der Waals surface area contributed by atoms with Crippen LogP contribution in [0.2, 0.25) is 0 Å². The lowest BCUT2D eigenvalue weighted by Crippen LogP contribution is -2.44. The van der Waals surface area contributed by atoms with Crippen LogP contribution in [0.3, 0.4) is 0 Å². The lowest BCUT2D eigenvalue weighted by Gasteiger charge is -2.34. The number of rotatable bonds is 3. The van der Waals surface area contributed by atoms with Crippen molar-refractivity contribution in [2.24, 2.45) is 5.73 Å².